The molecule has 0 bridgehead atoms. The van der Waals surface area contributed by atoms with Gasteiger partial charge in [0.25, 0.3) is 0 Å². The molecule has 0 aliphatic carbocycles. The van der Waals surface area contributed by atoms with Gasteiger partial charge in [-0.2, -0.15) is 5.26 Å². The fourth-order valence-electron chi connectivity index (χ4n) is 3.31. The van der Waals surface area contributed by atoms with Crippen molar-refractivity contribution in [2.45, 2.75) is 46.5 Å². The zero-order valence-electron chi connectivity index (χ0n) is 28.6. The Kier molecular flexibility index (Phi) is 21.3. The Morgan fingerprint density at radius 2 is 1.42 bits per heavy atom. The van der Waals surface area contributed by atoms with E-state index in [9.17, 15) is 18.7 Å². The van der Waals surface area contributed by atoms with Crippen molar-refractivity contribution in [2.75, 3.05) is 12.9 Å². The summed E-state index contributed by atoms with van der Waals surface area (Å²) in [4.78, 5) is 9.45. The molecule has 0 radical (unpaired) electrons. The van der Waals surface area contributed by atoms with Crippen LogP contribution in [-0.4, -0.2) is 29.0 Å². The van der Waals surface area contributed by atoms with Crippen molar-refractivity contribution in [1.29, 1.82) is 5.26 Å². The second-order valence-corrected chi connectivity index (χ2v) is 10.3. The number of ether oxygens (including phenoxy) is 2. The largest absolute Gasteiger partial charge is 1.00 e. The van der Waals surface area contributed by atoms with E-state index in [1.54, 1.807) is 32.9 Å². The molecule has 0 aliphatic rings. The Labute approximate surface area is 323 Å². The van der Waals surface area contributed by atoms with Crippen LogP contribution in [0.5, 0.6) is 11.5 Å². The molecule has 13 heteroatoms. The van der Waals surface area contributed by atoms with E-state index in [0.29, 0.717) is 30.4 Å². The number of hydrogen-bond acceptors (Lipinski definition) is 9. The molecule has 1 amide bonds. The second kappa shape index (κ2) is 24.3. The van der Waals surface area contributed by atoms with E-state index in [1.807, 2.05) is 78.9 Å². The number of carbonyl (C=O) groups is 1. The number of carbonyl (C=O) groups excluding carboxylic acids is 1. The minimum atomic E-state index is -1.00. The fourth-order valence-corrected chi connectivity index (χ4v) is 3.31. The number of amides is 1. The number of benzene rings is 4. The summed E-state index contributed by atoms with van der Waals surface area (Å²) in [5, 5.41) is 30.9. The van der Waals surface area contributed by atoms with Crippen molar-refractivity contribution in [2.24, 2.45) is 0 Å². The third-order valence-electron chi connectivity index (χ3n) is 5.21. The minimum absolute atomic E-state index is 0. The maximum atomic E-state index is 13.3. The topological polar surface area (TPSA) is 167 Å². The molecule has 1 heterocycles. The van der Waals surface area contributed by atoms with Crippen LogP contribution in [0.25, 0.3) is 11.0 Å². The van der Waals surface area contributed by atoms with Crippen LogP contribution in [0.3, 0.4) is 0 Å². The van der Waals surface area contributed by atoms with Crippen LogP contribution in [0.2, 0.25) is 0 Å². The SMILES string of the molecule is CC(=O)NO.CC(C)(C)[O-].N#Cc1c(F)cccc1OCc1ccccc1.Nc1noc2cccc(OCc3ccccc3)c12.[2H]CF.[K+]. The van der Waals surface area contributed by atoms with E-state index < -0.39 is 24.5 Å². The third-order valence-corrected chi connectivity index (χ3v) is 5.21. The summed E-state index contributed by atoms with van der Waals surface area (Å²) in [5.41, 5.74) is 9.06. The van der Waals surface area contributed by atoms with Crippen LogP contribution in [0, 0.1) is 17.1 Å². The molecule has 4 N–H and O–H groups in total. The number of aromatic nitrogens is 1. The van der Waals surface area contributed by atoms with Gasteiger partial charge in [0.1, 0.15) is 47.5 Å². The quantitative estimate of drug-likeness (QED) is 0.137. The van der Waals surface area contributed by atoms with Gasteiger partial charge < -0.3 is 24.8 Å². The number of halogens is 2. The number of anilines is 1. The molecule has 4 aromatic carbocycles. The minimum Gasteiger partial charge on any atom is -0.850 e. The van der Waals surface area contributed by atoms with Crippen LogP contribution < -0.4 is 77.2 Å². The first kappa shape index (κ1) is 42.1. The van der Waals surface area contributed by atoms with Gasteiger partial charge in [-0.3, -0.25) is 14.4 Å². The molecule has 10 nitrogen and oxygen atoms in total. The molecule has 0 aliphatic heterocycles. The number of nitrogen functional groups attached to an aromatic ring is 1. The Bertz CT molecular complexity index is 1680. The maximum Gasteiger partial charge on any atom is 1.00 e. The fraction of sp³-hybridized carbons (Fsp3) is 0.229. The smallest absolute Gasteiger partial charge is 0.850 e. The number of nitriles is 1. The Morgan fingerprint density at radius 3 is 1.88 bits per heavy atom. The monoisotopic (exact) mass is 689 g/mol. The summed E-state index contributed by atoms with van der Waals surface area (Å²) in [6.45, 7) is 6.93. The number of nitrogens with zero attached hydrogens (tertiary/aromatic N) is 2. The first-order valence-corrected chi connectivity index (χ1v) is 14.0. The molecule has 0 spiro atoms. The molecule has 0 atom stereocenters. The average molecular weight is 690 g/mol. The Hall–Kier alpha value is -3.87. The summed E-state index contributed by atoms with van der Waals surface area (Å²) in [7, 11) is -1.00. The standard InChI is InChI=1S/C14H10FNO.C14H12N2O2.C4H9O.C2H5NO2.CH3F.K/c15-13-7-4-8-14(12(13)9-16)17-10-11-5-2-1-3-6-11;15-14-13-11(7-4-8-12(13)18-16-14)17-9-10-5-2-1-3-6-10;1-4(2,3)5;1-2(4)3-5;1-2;/h1-8H,10H2;1-8H,9H2,(H2,15,16);1-3H3;5H,1H3,(H,3,4);1H3;/q;;-1;;;+1/i;;;;1D;. The first-order valence-electron chi connectivity index (χ1n) is 14.7. The average Bonchev–Trinajstić information content (AvgIpc) is 3.45. The molecule has 1 aromatic heterocycles. The van der Waals surface area contributed by atoms with E-state index in [0.717, 1.165) is 16.5 Å². The van der Waals surface area contributed by atoms with Crippen LogP contribution >= 0.6 is 0 Å². The van der Waals surface area contributed by atoms with Gasteiger partial charge in [0, 0.05) is 6.92 Å². The maximum absolute atomic E-state index is 13.3. The number of hydroxylamine groups is 1. The Morgan fingerprint density at radius 1 is 0.979 bits per heavy atom. The summed E-state index contributed by atoms with van der Waals surface area (Å²) in [6, 6.07) is 31.2. The van der Waals surface area contributed by atoms with Crippen molar-refractivity contribution in [3.05, 3.63) is 120 Å². The number of hydrogen-bond donors (Lipinski definition) is 3. The molecule has 48 heavy (non-hydrogen) atoms. The summed E-state index contributed by atoms with van der Waals surface area (Å²) < 4.78 is 45.1. The van der Waals surface area contributed by atoms with Gasteiger partial charge in [0.2, 0.25) is 5.91 Å². The van der Waals surface area contributed by atoms with Crippen molar-refractivity contribution in [1.82, 2.24) is 10.6 Å². The molecule has 0 fully saturated rings. The van der Waals surface area contributed by atoms with E-state index >= 15 is 0 Å². The van der Waals surface area contributed by atoms with Crippen LogP contribution in [0.1, 0.15) is 45.8 Å². The molecular weight excluding hydrogens is 650 g/mol. The summed E-state index contributed by atoms with van der Waals surface area (Å²) >= 11 is 0. The molecule has 0 saturated heterocycles. The van der Waals surface area contributed by atoms with E-state index in [2.05, 4.69) is 5.16 Å². The molecular formula is C35H39F2KN4O6. The number of alkyl halides is 1. The molecule has 5 rings (SSSR count). The molecule has 5 aromatic rings. The van der Waals surface area contributed by atoms with Gasteiger partial charge in [0.15, 0.2) is 11.4 Å². The second-order valence-electron chi connectivity index (χ2n) is 10.3. The summed E-state index contributed by atoms with van der Waals surface area (Å²) in [6.07, 6.45) is 0. The van der Waals surface area contributed by atoms with Crippen molar-refractivity contribution in [3.63, 3.8) is 0 Å². The predicted octanol–water partition coefficient (Wildman–Crippen LogP) is 3.51. The van der Waals surface area contributed by atoms with Gasteiger partial charge in [-0.05, 0) is 35.4 Å². The molecule has 0 saturated carbocycles. The Balaban J connectivity index is 0.000000688. The van der Waals surface area contributed by atoms with Crippen LogP contribution in [-0.2, 0) is 18.0 Å². The summed E-state index contributed by atoms with van der Waals surface area (Å²) in [5.74, 6) is 0.322. The van der Waals surface area contributed by atoms with Gasteiger partial charge in [-0.1, -0.05) is 98.7 Å². The van der Waals surface area contributed by atoms with E-state index in [-0.39, 0.29) is 62.7 Å². The van der Waals surface area contributed by atoms with Gasteiger partial charge >= 0.3 is 51.4 Å². The van der Waals surface area contributed by atoms with E-state index in [4.69, 9.17) is 31.6 Å². The van der Waals surface area contributed by atoms with Gasteiger partial charge in [-0.25, -0.2) is 9.87 Å². The van der Waals surface area contributed by atoms with Gasteiger partial charge in [0.05, 0.1) is 8.52 Å². The van der Waals surface area contributed by atoms with Gasteiger partial charge in [-0.15, -0.1) is 5.60 Å². The zero-order chi connectivity index (χ0) is 36.0. The van der Waals surface area contributed by atoms with E-state index in [1.165, 1.54) is 24.5 Å². The first-order chi connectivity index (χ1) is 22.8. The van der Waals surface area contributed by atoms with Crippen molar-refractivity contribution >= 4 is 22.7 Å². The van der Waals surface area contributed by atoms with Crippen LogP contribution in [0.4, 0.5) is 14.6 Å². The number of nitrogens with one attached hydrogen (secondary N) is 1. The van der Waals surface area contributed by atoms with Crippen molar-refractivity contribution in [3.8, 4) is 17.6 Å². The molecule has 0 unspecified atom stereocenters. The normalized spacial score (nSPS) is 9.77. The van der Waals surface area contributed by atoms with Crippen molar-refractivity contribution < 1.29 is 90.6 Å². The predicted molar refractivity (Wildman–Crippen MR) is 173 cm³/mol. The zero-order valence-corrected chi connectivity index (χ0v) is 30.7. The van der Waals surface area contributed by atoms with Crippen LogP contribution in [0.15, 0.2) is 102 Å². The number of rotatable bonds is 6. The number of nitrogens with two attached hydrogens (primary N) is 1. The number of fused-ring (bicyclic) bond motifs is 1. The molecule has 250 valence electrons. The third kappa shape index (κ3) is 17.9.